The third kappa shape index (κ3) is 5.62. The molecule has 37 heavy (non-hydrogen) atoms. The molecule has 0 aliphatic carbocycles. The zero-order valence-electron chi connectivity index (χ0n) is 21.7. The number of fused-ring (bicyclic) bond motifs is 1. The first-order valence-corrected chi connectivity index (χ1v) is 12.8. The summed E-state index contributed by atoms with van der Waals surface area (Å²) in [4.78, 5) is 30.0. The van der Waals surface area contributed by atoms with Crippen molar-refractivity contribution in [3.8, 4) is 11.5 Å². The standard InChI is InChI=1S/C28H34N4O5/c1-19-4-5-22(14-20(19)2)24-16-25(23-6-7-26-27(15-23)37-18-36-26)32(29-24)28(34)17-31(21(3)33)9-8-30-10-12-35-13-11-30/h4-7,14-15,25H,8-13,16-18H2,1-3H3. The van der Waals surface area contributed by atoms with Gasteiger partial charge in [-0.05, 0) is 54.3 Å². The Morgan fingerprint density at radius 3 is 2.57 bits per heavy atom. The van der Waals surface area contributed by atoms with Crippen molar-refractivity contribution in [3.05, 3.63) is 58.7 Å². The molecule has 0 N–H and O–H groups in total. The molecule has 3 heterocycles. The van der Waals surface area contributed by atoms with Crippen molar-refractivity contribution in [2.75, 3.05) is 52.7 Å². The molecule has 2 aromatic carbocycles. The van der Waals surface area contributed by atoms with Crippen LogP contribution in [0.2, 0.25) is 0 Å². The first-order chi connectivity index (χ1) is 17.9. The number of nitrogens with zero attached hydrogens (tertiary/aromatic N) is 4. The van der Waals surface area contributed by atoms with Crippen LogP contribution >= 0.6 is 0 Å². The van der Waals surface area contributed by atoms with Crippen LogP contribution in [-0.2, 0) is 14.3 Å². The Morgan fingerprint density at radius 1 is 1.03 bits per heavy atom. The van der Waals surface area contributed by atoms with E-state index < -0.39 is 0 Å². The highest BCUT2D eigenvalue weighted by Crippen LogP contribution is 2.39. The topological polar surface area (TPSA) is 83.9 Å². The van der Waals surface area contributed by atoms with E-state index in [0.717, 1.165) is 29.9 Å². The number of hydrogen-bond acceptors (Lipinski definition) is 7. The van der Waals surface area contributed by atoms with Crippen molar-refractivity contribution in [2.24, 2.45) is 5.10 Å². The normalized spacial score (nSPS) is 19.2. The Hall–Kier alpha value is -3.43. The van der Waals surface area contributed by atoms with Gasteiger partial charge in [-0.2, -0.15) is 5.10 Å². The quantitative estimate of drug-likeness (QED) is 0.574. The Bertz CT molecular complexity index is 1210. The van der Waals surface area contributed by atoms with Crippen molar-refractivity contribution in [3.63, 3.8) is 0 Å². The number of benzene rings is 2. The van der Waals surface area contributed by atoms with Crippen molar-refractivity contribution in [1.82, 2.24) is 14.8 Å². The molecule has 196 valence electrons. The second-order valence-electron chi connectivity index (χ2n) is 9.81. The molecule has 1 fully saturated rings. The lowest BCUT2D eigenvalue weighted by Gasteiger charge is -2.30. The molecule has 9 nitrogen and oxygen atoms in total. The van der Waals surface area contributed by atoms with E-state index >= 15 is 0 Å². The highest BCUT2D eigenvalue weighted by Gasteiger charge is 2.35. The van der Waals surface area contributed by atoms with Gasteiger partial charge in [0, 0.05) is 39.5 Å². The largest absolute Gasteiger partial charge is 0.454 e. The SMILES string of the molecule is CC(=O)N(CCN1CCOCC1)CC(=O)N1N=C(c2ccc(C)c(C)c2)CC1c1ccc2c(c1)OCO2. The van der Waals surface area contributed by atoms with Gasteiger partial charge in [-0.1, -0.05) is 18.2 Å². The summed E-state index contributed by atoms with van der Waals surface area (Å²) in [6, 6.07) is 11.7. The van der Waals surface area contributed by atoms with Crippen LogP contribution in [0.3, 0.4) is 0 Å². The van der Waals surface area contributed by atoms with Gasteiger partial charge in [-0.15, -0.1) is 0 Å². The number of amides is 2. The number of carbonyl (C=O) groups excluding carboxylic acids is 2. The molecular weight excluding hydrogens is 472 g/mol. The highest BCUT2D eigenvalue weighted by atomic mass is 16.7. The van der Waals surface area contributed by atoms with Gasteiger partial charge in [-0.3, -0.25) is 14.5 Å². The number of rotatable bonds is 7. The van der Waals surface area contributed by atoms with Crippen molar-refractivity contribution in [2.45, 2.75) is 33.2 Å². The van der Waals surface area contributed by atoms with E-state index in [2.05, 4.69) is 36.9 Å². The van der Waals surface area contributed by atoms with Crippen molar-refractivity contribution < 1.29 is 23.8 Å². The summed E-state index contributed by atoms with van der Waals surface area (Å²) in [7, 11) is 0. The van der Waals surface area contributed by atoms with Gasteiger partial charge in [0.25, 0.3) is 5.91 Å². The molecule has 9 heteroatoms. The molecule has 0 aromatic heterocycles. The lowest BCUT2D eigenvalue weighted by molar-refractivity contribution is -0.140. The predicted molar refractivity (Wildman–Crippen MR) is 139 cm³/mol. The Labute approximate surface area is 217 Å². The second kappa shape index (κ2) is 10.9. The molecule has 0 spiro atoms. The van der Waals surface area contributed by atoms with Gasteiger partial charge >= 0.3 is 0 Å². The third-order valence-electron chi connectivity index (χ3n) is 7.35. The maximum absolute atomic E-state index is 13.7. The minimum absolute atomic E-state index is 0.0234. The van der Waals surface area contributed by atoms with Gasteiger partial charge in [0.1, 0.15) is 6.54 Å². The van der Waals surface area contributed by atoms with E-state index in [4.69, 9.17) is 19.3 Å². The maximum Gasteiger partial charge on any atom is 0.262 e. The van der Waals surface area contributed by atoms with Gasteiger partial charge in [0.15, 0.2) is 11.5 Å². The van der Waals surface area contributed by atoms with E-state index in [1.807, 2.05) is 18.2 Å². The summed E-state index contributed by atoms with van der Waals surface area (Å²) < 4.78 is 16.5. The fraction of sp³-hybridized carbons (Fsp3) is 0.464. The Morgan fingerprint density at radius 2 is 1.81 bits per heavy atom. The van der Waals surface area contributed by atoms with Gasteiger partial charge in [0.2, 0.25) is 12.7 Å². The number of carbonyl (C=O) groups is 2. The van der Waals surface area contributed by atoms with E-state index in [1.165, 1.54) is 18.1 Å². The molecule has 3 aliphatic heterocycles. The zero-order chi connectivity index (χ0) is 25.9. The molecule has 2 amide bonds. The molecule has 0 bridgehead atoms. The van der Waals surface area contributed by atoms with Crippen LogP contribution in [-0.4, -0.2) is 85.1 Å². The molecule has 2 aromatic rings. The van der Waals surface area contributed by atoms with Crippen LogP contribution in [0.5, 0.6) is 11.5 Å². The summed E-state index contributed by atoms with van der Waals surface area (Å²) in [6.07, 6.45) is 0.571. The van der Waals surface area contributed by atoms with Gasteiger partial charge < -0.3 is 19.1 Å². The van der Waals surface area contributed by atoms with Crippen LogP contribution in [0.1, 0.15) is 41.6 Å². The molecule has 1 saturated heterocycles. The second-order valence-corrected chi connectivity index (χ2v) is 9.81. The zero-order valence-corrected chi connectivity index (χ0v) is 21.7. The predicted octanol–water partition coefficient (Wildman–Crippen LogP) is 2.89. The molecule has 1 unspecified atom stereocenters. The fourth-order valence-electron chi connectivity index (χ4n) is 4.89. The third-order valence-corrected chi connectivity index (χ3v) is 7.35. The first-order valence-electron chi connectivity index (χ1n) is 12.8. The van der Waals surface area contributed by atoms with E-state index in [1.54, 1.807) is 9.91 Å². The molecular formula is C28H34N4O5. The van der Waals surface area contributed by atoms with E-state index in [9.17, 15) is 9.59 Å². The average molecular weight is 507 g/mol. The Balaban J connectivity index is 1.38. The number of morpholine rings is 1. The lowest BCUT2D eigenvalue weighted by Crippen LogP contribution is -2.45. The monoisotopic (exact) mass is 506 g/mol. The summed E-state index contributed by atoms with van der Waals surface area (Å²) in [5.74, 6) is 1.03. The highest BCUT2D eigenvalue weighted by molar-refractivity contribution is 6.03. The van der Waals surface area contributed by atoms with E-state index in [-0.39, 0.29) is 31.2 Å². The number of aryl methyl sites for hydroxylation is 2. The van der Waals surface area contributed by atoms with Gasteiger partial charge in [-0.25, -0.2) is 5.01 Å². The van der Waals surface area contributed by atoms with Crippen LogP contribution in [0.25, 0.3) is 0 Å². The molecule has 5 rings (SSSR count). The first kappa shape index (κ1) is 25.2. The summed E-state index contributed by atoms with van der Waals surface area (Å²) in [5.41, 5.74) is 5.15. The van der Waals surface area contributed by atoms with Crippen molar-refractivity contribution >= 4 is 17.5 Å². The van der Waals surface area contributed by atoms with Crippen LogP contribution in [0.4, 0.5) is 0 Å². The molecule has 0 saturated carbocycles. The number of ether oxygens (including phenoxy) is 3. The van der Waals surface area contributed by atoms with Crippen LogP contribution < -0.4 is 9.47 Å². The van der Waals surface area contributed by atoms with Crippen LogP contribution in [0, 0.1) is 13.8 Å². The van der Waals surface area contributed by atoms with Crippen molar-refractivity contribution in [1.29, 1.82) is 0 Å². The molecule has 1 atom stereocenters. The minimum atomic E-state index is -0.299. The van der Waals surface area contributed by atoms with Gasteiger partial charge in [0.05, 0.1) is 25.0 Å². The molecule has 3 aliphatic rings. The maximum atomic E-state index is 13.7. The summed E-state index contributed by atoms with van der Waals surface area (Å²) >= 11 is 0. The summed E-state index contributed by atoms with van der Waals surface area (Å²) in [6.45, 7) is 10.1. The lowest BCUT2D eigenvalue weighted by atomic mass is 9.96. The number of hydrazone groups is 1. The molecule has 0 radical (unpaired) electrons. The minimum Gasteiger partial charge on any atom is -0.454 e. The smallest absolute Gasteiger partial charge is 0.262 e. The average Bonchev–Trinajstić information content (AvgIpc) is 3.55. The summed E-state index contributed by atoms with van der Waals surface area (Å²) in [5, 5.41) is 6.35. The fourth-order valence-corrected chi connectivity index (χ4v) is 4.89. The number of hydrogen-bond donors (Lipinski definition) is 0. The van der Waals surface area contributed by atoms with E-state index in [0.29, 0.717) is 44.2 Å². The van der Waals surface area contributed by atoms with Crippen LogP contribution in [0.15, 0.2) is 41.5 Å². The Kier molecular flexibility index (Phi) is 7.43.